The molecule has 0 radical (unpaired) electrons. The van der Waals surface area contributed by atoms with Crippen LogP contribution in [0.5, 0.6) is 5.88 Å². The summed E-state index contributed by atoms with van der Waals surface area (Å²) in [6, 6.07) is 13.1. The van der Waals surface area contributed by atoms with E-state index >= 15 is 0 Å². The number of likely N-dealkylation sites (tertiary alicyclic amines) is 1. The fourth-order valence-electron chi connectivity index (χ4n) is 2.54. The smallest absolute Gasteiger partial charge is 0.243 e. The van der Waals surface area contributed by atoms with Crippen molar-refractivity contribution in [3.05, 3.63) is 54.2 Å². The topological polar surface area (TPSA) is 71.5 Å². The second-order valence-electron chi connectivity index (χ2n) is 5.62. The molecule has 1 saturated heterocycles. The Labute approximate surface area is 140 Å². The minimum absolute atomic E-state index is 0.0340. The number of anilines is 1. The monoisotopic (exact) mass is 325 g/mol. The van der Waals surface area contributed by atoms with Crippen LogP contribution in [0.3, 0.4) is 0 Å². The van der Waals surface area contributed by atoms with E-state index in [1.165, 1.54) is 0 Å². The van der Waals surface area contributed by atoms with Gasteiger partial charge in [-0.1, -0.05) is 30.3 Å². The summed E-state index contributed by atoms with van der Waals surface area (Å²) in [5.41, 5.74) is 1.64. The summed E-state index contributed by atoms with van der Waals surface area (Å²) in [6.07, 6.45) is 2.93. The van der Waals surface area contributed by atoms with Gasteiger partial charge in [0.1, 0.15) is 6.61 Å². The molecular formula is C18H19N3O3. The van der Waals surface area contributed by atoms with Crippen molar-refractivity contribution >= 4 is 17.5 Å². The van der Waals surface area contributed by atoms with Gasteiger partial charge in [-0.2, -0.15) is 0 Å². The molecule has 2 aromatic rings. The van der Waals surface area contributed by atoms with E-state index in [9.17, 15) is 9.59 Å². The number of carbonyl (C=O) groups is 2. The Morgan fingerprint density at radius 2 is 2.08 bits per heavy atom. The van der Waals surface area contributed by atoms with E-state index in [-0.39, 0.29) is 18.4 Å². The molecule has 1 fully saturated rings. The maximum atomic E-state index is 12.0. The van der Waals surface area contributed by atoms with E-state index in [4.69, 9.17) is 4.74 Å². The van der Waals surface area contributed by atoms with Crippen molar-refractivity contribution in [1.29, 1.82) is 0 Å². The lowest BCUT2D eigenvalue weighted by atomic mass is 10.2. The molecular weight excluding hydrogens is 306 g/mol. The highest BCUT2D eigenvalue weighted by Crippen LogP contribution is 2.16. The predicted molar refractivity (Wildman–Crippen MR) is 89.5 cm³/mol. The molecule has 0 spiro atoms. The molecule has 24 heavy (non-hydrogen) atoms. The molecule has 124 valence electrons. The van der Waals surface area contributed by atoms with Crippen molar-refractivity contribution < 1.29 is 14.3 Å². The largest absolute Gasteiger partial charge is 0.473 e. The molecule has 0 saturated carbocycles. The van der Waals surface area contributed by atoms with Gasteiger partial charge in [0, 0.05) is 30.9 Å². The molecule has 2 amide bonds. The van der Waals surface area contributed by atoms with Crippen LogP contribution in [0, 0.1) is 0 Å². The summed E-state index contributed by atoms with van der Waals surface area (Å²) in [5, 5.41) is 2.78. The predicted octanol–water partition coefficient (Wildman–Crippen LogP) is 2.22. The molecule has 1 N–H and O–H groups in total. The highest BCUT2D eigenvalue weighted by molar-refractivity contribution is 5.94. The Balaban J connectivity index is 1.54. The molecule has 6 heteroatoms. The molecule has 6 nitrogen and oxygen atoms in total. The summed E-state index contributed by atoms with van der Waals surface area (Å²) in [5.74, 6) is 0.256. The van der Waals surface area contributed by atoms with Crippen molar-refractivity contribution in [3.8, 4) is 5.88 Å². The molecule has 1 aromatic carbocycles. The van der Waals surface area contributed by atoms with Crippen molar-refractivity contribution in [2.45, 2.75) is 19.4 Å². The molecule has 3 rings (SSSR count). The zero-order valence-corrected chi connectivity index (χ0v) is 13.3. The first-order valence-corrected chi connectivity index (χ1v) is 7.91. The van der Waals surface area contributed by atoms with Crippen LogP contribution in [0.25, 0.3) is 0 Å². The number of benzene rings is 1. The van der Waals surface area contributed by atoms with E-state index in [2.05, 4.69) is 10.3 Å². The Morgan fingerprint density at radius 1 is 1.25 bits per heavy atom. The molecule has 0 bridgehead atoms. The number of nitrogens with zero attached hydrogens (tertiary/aromatic N) is 2. The summed E-state index contributed by atoms with van der Waals surface area (Å²) < 4.78 is 5.64. The van der Waals surface area contributed by atoms with Crippen LogP contribution in [0.2, 0.25) is 0 Å². The van der Waals surface area contributed by atoms with Gasteiger partial charge in [0.25, 0.3) is 0 Å². The van der Waals surface area contributed by atoms with Gasteiger partial charge in [-0.25, -0.2) is 4.98 Å². The van der Waals surface area contributed by atoms with Crippen molar-refractivity contribution in [3.63, 3.8) is 0 Å². The minimum Gasteiger partial charge on any atom is -0.473 e. The van der Waals surface area contributed by atoms with E-state index in [0.717, 1.165) is 12.0 Å². The van der Waals surface area contributed by atoms with Crippen LogP contribution >= 0.6 is 0 Å². The lowest BCUT2D eigenvalue weighted by Crippen LogP contribution is -2.33. The number of hydrogen-bond donors (Lipinski definition) is 1. The van der Waals surface area contributed by atoms with Gasteiger partial charge in [0.2, 0.25) is 17.7 Å². The summed E-state index contributed by atoms with van der Waals surface area (Å²) >= 11 is 0. The standard InChI is InChI=1S/C18H19N3O3/c22-16(12-21-10-4-7-18(21)23)20-15-8-9-19-17(11-15)24-13-14-5-2-1-3-6-14/h1-3,5-6,8-9,11H,4,7,10,12-13H2,(H,19,20,22). The van der Waals surface area contributed by atoms with Crippen molar-refractivity contribution in [2.24, 2.45) is 0 Å². The normalized spacial score (nSPS) is 13.8. The molecule has 1 aliphatic rings. The number of aromatic nitrogens is 1. The van der Waals surface area contributed by atoms with E-state index in [0.29, 0.717) is 31.1 Å². The highest BCUT2D eigenvalue weighted by Gasteiger charge is 2.22. The van der Waals surface area contributed by atoms with Crippen LogP contribution in [0.15, 0.2) is 48.7 Å². The molecule has 0 atom stereocenters. The zero-order valence-electron chi connectivity index (χ0n) is 13.3. The third-order valence-electron chi connectivity index (χ3n) is 3.75. The minimum atomic E-state index is -0.217. The molecule has 0 aliphatic carbocycles. The van der Waals surface area contributed by atoms with Crippen LogP contribution in [-0.4, -0.2) is 34.8 Å². The van der Waals surface area contributed by atoms with Crippen molar-refractivity contribution in [1.82, 2.24) is 9.88 Å². The summed E-state index contributed by atoms with van der Waals surface area (Å²) in [7, 11) is 0. The number of ether oxygens (including phenoxy) is 1. The van der Waals surface area contributed by atoms with Crippen LogP contribution in [-0.2, 0) is 16.2 Å². The Bertz CT molecular complexity index is 718. The number of rotatable bonds is 6. The van der Waals surface area contributed by atoms with E-state index < -0.39 is 0 Å². The highest BCUT2D eigenvalue weighted by atomic mass is 16.5. The maximum Gasteiger partial charge on any atom is 0.243 e. The van der Waals surface area contributed by atoms with Crippen molar-refractivity contribution in [2.75, 3.05) is 18.4 Å². The zero-order chi connectivity index (χ0) is 16.8. The molecule has 1 aromatic heterocycles. The Kier molecular flexibility index (Phi) is 5.05. The van der Waals surface area contributed by atoms with Crippen LogP contribution in [0.1, 0.15) is 18.4 Å². The average molecular weight is 325 g/mol. The van der Waals surface area contributed by atoms with Crippen LogP contribution in [0.4, 0.5) is 5.69 Å². The summed E-state index contributed by atoms with van der Waals surface area (Å²) in [6.45, 7) is 1.14. The molecule has 1 aliphatic heterocycles. The number of pyridine rings is 1. The van der Waals surface area contributed by atoms with Gasteiger partial charge in [-0.05, 0) is 18.1 Å². The first-order valence-electron chi connectivity index (χ1n) is 7.91. The number of nitrogens with one attached hydrogen (secondary N) is 1. The number of carbonyl (C=O) groups excluding carboxylic acids is 2. The first-order chi connectivity index (χ1) is 11.7. The summed E-state index contributed by atoms with van der Waals surface area (Å²) in [4.78, 5) is 29.3. The third kappa shape index (κ3) is 4.32. The molecule has 2 heterocycles. The SMILES string of the molecule is O=C(CN1CCCC1=O)Nc1ccnc(OCc2ccccc2)c1. The number of amides is 2. The second kappa shape index (κ2) is 7.59. The second-order valence-corrected chi connectivity index (χ2v) is 5.62. The Hall–Kier alpha value is -2.89. The average Bonchev–Trinajstić information content (AvgIpc) is 2.99. The van der Waals surface area contributed by atoms with Gasteiger partial charge in [0.15, 0.2) is 0 Å². The molecule has 0 unspecified atom stereocenters. The first kappa shape index (κ1) is 16.0. The quantitative estimate of drug-likeness (QED) is 0.884. The van der Waals surface area contributed by atoms with E-state index in [1.54, 1.807) is 23.2 Å². The van der Waals surface area contributed by atoms with Gasteiger partial charge in [0.05, 0.1) is 6.54 Å². The van der Waals surface area contributed by atoms with Crippen LogP contribution < -0.4 is 10.1 Å². The fraction of sp³-hybridized carbons (Fsp3) is 0.278. The van der Waals surface area contributed by atoms with Gasteiger partial charge in [-0.15, -0.1) is 0 Å². The number of hydrogen-bond acceptors (Lipinski definition) is 4. The Morgan fingerprint density at radius 3 is 2.83 bits per heavy atom. The maximum absolute atomic E-state index is 12.0. The third-order valence-corrected chi connectivity index (χ3v) is 3.75. The lowest BCUT2D eigenvalue weighted by molar-refractivity contribution is -0.131. The van der Waals surface area contributed by atoms with E-state index in [1.807, 2.05) is 30.3 Å². The van der Waals surface area contributed by atoms with Gasteiger partial charge in [-0.3, -0.25) is 9.59 Å². The fourth-order valence-corrected chi connectivity index (χ4v) is 2.54. The van der Waals surface area contributed by atoms with Gasteiger partial charge < -0.3 is 15.0 Å². The van der Waals surface area contributed by atoms with Gasteiger partial charge >= 0.3 is 0 Å². The lowest BCUT2D eigenvalue weighted by Gasteiger charge is -2.15.